The molecular formula is C7H24N2OSi2. The highest BCUT2D eigenvalue weighted by atomic mass is 28.3. The zero-order valence-electron chi connectivity index (χ0n) is 9.05. The van der Waals surface area contributed by atoms with Crippen LogP contribution in [0.4, 0.5) is 0 Å². The molecule has 0 saturated heterocycles. The zero-order chi connectivity index (χ0) is 10.2. The average Bonchev–Trinajstić information content (AvgIpc) is 1.87. The van der Waals surface area contributed by atoms with Crippen LogP contribution in [0, 0.1) is 5.92 Å². The van der Waals surface area contributed by atoms with Gasteiger partial charge in [0.2, 0.25) is 0 Å². The maximum absolute atomic E-state index is 5.79. The molecule has 0 heterocycles. The van der Waals surface area contributed by atoms with E-state index < -0.39 is 0 Å². The molecule has 0 aliphatic carbocycles. The highest BCUT2D eigenvalue weighted by Gasteiger charge is 2.16. The Balaban J connectivity index is 0. The SMILES string of the molecule is CC(C)CC(C)(N)CN.[SiH3]O[SiH3]. The predicted molar refractivity (Wildman–Crippen MR) is 62.1 cm³/mol. The standard InChI is InChI=1S/C7H18N2.H6OSi2/c1-6(2)4-7(3,9)5-8;2-1-3/h6H,4-5,8-9H2,1-3H3;2-3H3. The van der Waals surface area contributed by atoms with E-state index in [9.17, 15) is 0 Å². The molecule has 1 atom stereocenters. The number of rotatable bonds is 3. The number of hydrogen-bond acceptors (Lipinski definition) is 3. The number of hydrogen-bond donors (Lipinski definition) is 2. The Kier molecular flexibility index (Phi) is 9.80. The molecule has 1 unspecified atom stereocenters. The summed E-state index contributed by atoms with van der Waals surface area (Å²) in [6.07, 6.45) is 1.00. The smallest absolute Gasteiger partial charge is 0.129 e. The fraction of sp³-hybridized carbons (Fsp3) is 1.00. The van der Waals surface area contributed by atoms with Crippen molar-refractivity contribution >= 4 is 21.0 Å². The van der Waals surface area contributed by atoms with E-state index in [1.807, 2.05) is 6.92 Å². The third-order valence-corrected chi connectivity index (χ3v) is 1.34. The molecule has 0 aromatic carbocycles. The molecule has 0 fully saturated rings. The third-order valence-electron chi connectivity index (χ3n) is 1.34. The van der Waals surface area contributed by atoms with E-state index in [4.69, 9.17) is 11.5 Å². The Hall–Kier alpha value is 0.314. The number of nitrogens with two attached hydrogens (primary N) is 2. The van der Waals surface area contributed by atoms with Crippen LogP contribution in [0.25, 0.3) is 0 Å². The van der Waals surface area contributed by atoms with Crippen molar-refractivity contribution in [2.24, 2.45) is 17.4 Å². The first-order chi connectivity index (χ1) is 5.39. The second-order valence-electron chi connectivity index (χ2n) is 3.86. The summed E-state index contributed by atoms with van der Waals surface area (Å²) in [4.78, 5) is 0. The minimum atomic E-state index is -0.159. The van der Waals surface area contributed by atoms with Gasteiger partial charge in [-0.25, -0.2) is 0 Å². The summed E-state index contributed by atoms with van der Waals surface area (Å²) in [5.74, 6) is 0.642. The predicted octanol–water partition coefficient (Wildman–Crippen LogP) is -1.73. The maximum Gasteiger partial charge on any atom is 0.129 e. The lowest BCUT2D eigenvalue weighted by Crippen LogP contribution is -2.44. The average molecular weight is 208 g/mol. The van der Waals surface area contributed by atoms with Gasteiger partial charge in [-0.05, 0) is 19.3 Å². The molecule has 0 aliphatic rings. The van der Waals surface area contributed by atoms with E-state index in [0.29, 0.717) is 12.5 Å². The Morgan fingerprint density at radius 1 is 1.42 bits per heavy atom. The van der Waals surface area contributed by atoms with E-state index in [2.05, 4.69) is 18.0 Å². The van der Waals surface area contributed by atoms with Crippen molar-refractivity contribution in [2.45, 2.75) is 32.7 Å². The van der Waals surface area contributed by atoms with Gasteiger partial charge < -0.3 is 15.6 Å². The van der Waals surface area contributed by atoms with Crippen LogP contribution in [0.2, 0.25) is 0 Å². The first-order valence-electron chi connectivity index (χ1n) is 4.28. The van der Waals surface area contributed by atoms with E-state index in [0.717, 1.165) is 27.4 Å². The van der Waals surface area contributed by atoms with Gasteiger partial charge in [0, 0.05) is 12.1 Å². The van der Waals surface area contributed by atoms with Crippen LogP contribution in [-0.4, -0.2) is 33.1 Å². The van der Waals surface area contributed by atoms with Crippen LogP contribution in [0.3, 0.4) is 0 Å². The van der Waals surface area contributed by atoms with E-state index in [-0.39, 0.29) is 5.54 Å². The first kappa shape index (κ1) is 14.8. The largest absolute Gasteiger partial charge is 0.471 e. The summed E-state index contributed by atoms with van der Waals surface area (Å²) < 4.78 is 4.53. The molecule has 0 saturated carbocycles. The molecule has 0 aromatic rings. The monoisotopic (exact) mass is 208 g/mol. The maximum atomic E-state index is 5.79. The van der Waals surface area contributed by atoms with Gasteiger partial charge in [-0.2, -0.15) is 0 Å². The molecule has 3 nitrogen and oxygen atoms in total. The van der Waals surface area contributed by atoms with Crippen LogP contribution in [0.1, 0.15) is 27.2 Å². The summed E-state index contributed by atoms with van der Waals surface area (Å²) in [6.45, 7) is 6.87. The molecule has 0 amide bonds. The van der Waals surface area contributed by atoms with Crippen LogP contribution < -0.4 is 11.5 Å². The highest BCUT2D eigenvalue weighted by Crippen LogP contribution is 2.11. The molecular weight excluding hydrogens is 184 g/mol. The third kappa shape index (κ3) is 12.9. The lowest BCUT2D eigenvalue weighted by atomic mass is 9.92. The summed E-state index contributed by atoms with van der Waals surface area (Å²) in [6, 6.07) is 0. The summed E-state index contributed by atoms with van der Waals surface area (Å²) >= 11 is 0. The van der Waals surface area contributed by atoms with Crippen molar-refractivity contribution in [1.29, 1.82) is 0 Å². The minimum Gasteiger partial charge on any atom is -0.471 e. The molecule has 0 bridgehead atoms. The Bertz CT molecular complexity index is 99.4. The quantitative estimate of drug-likeness (QED) is 0.542. The van der Waals surface area contributed by atoms with Gasteiger partial charge in [0.1, 0.15) is 21.0 Å². The summed E-state index contributed by atoms with van der Waals surface area (Å²) in [7, 11) is 1.86. The van der Waals surface area contributed by atoms with Crippen molar-refractivity contribution in [3.63, 3.8) is 0 Å². The van der Waals surface area contributed by atoms with Gasteiger partial charge in [-0.15, -0.1) is 0 Å². The second kappa shape index (κ2) is 7.94. The van der Waals surface area contributed by atoms with Gasteiger partial charge >= 0.3 is 0 Å². The lowest BCUT2D eigenvalue weighted by molar-refractivity contribution is 0.378. The summed E-state index contributed by atoms with van der Waals surface area (Å²) in [5.41, 5.74) is 11.1. The topological polar surface area (TPSA) is 61.3 Å². The van der Waals surface area contributed by atoms with Crippen molar-refractivity contribution in [3.8, 4) is 0 Å². The molecule has 0 aromatic heterocycles. The fourth-order valence-corrected chi connectivity index (χ4v) is 1.02. The first-order valence-corrected chi connectivity index (χ1v) is 5.92. The van der Waals surface area contributed by atoms with Crippen molar-refractivity contribution < 1.29 is 4.12 Å². The summed E-state index contributed by atoms with van der Waals surface area (Å²) in [5, 5.41) is 0. The Morgan fingerprint density at radius 3 is 1.83 bits per heavy atom. The van der Waals surface area contributed by atoms with Crippen molar-refractivity contribution in [2.75, 3.05) is 6.54 Å². The van der Waals surface area contributed by atoms with Gasteiger partial charge in [0.15, 0.2) is 0 Å². The second-order valence-corrected chi connectivity index (χ2v) is 7.13. The molecule has 12 heavy (non-hydrogen) atoms. The van der Waals surface area contributed by atoms with E-state index >= 15 is 0 Å². The van der Waals surface area contributed by atoms with Crippen molar-refractivity contribution in [1.82, 2.24) is 0 Å². The molecule has 0 rings (SSSR count). The van der Waals surface area contributed by atoms with E-state index in [1.54, 1.807) is 0 Å². The van der Waals surface area contributed by atoms with Crippen LogP contribution >= 0.6 is 0 Å². The fourth-order valence-electron chi connectivity index (χ4n) is 1.02. The van der Waals surface area contributed by atoms with Gasteiger partial charge in [-0.3, -0.25) is 0 Å². The Morgan fingerprint density at radius 2 is 1.75 bits per heavy atom. The minimum absolute atomic E-state index is 0.159. The Labute approximate surface area is 82.3 Å². The van der Waals surface area contributed by atoms with Crippen molar-refractivity contribution in [3.05, 3.63) is 0 Å². The van der Waals surface area contributed by atoms with E-state index in [1.165, 1.54) is 0 Å². The molecule has 5 heteroatoms. The van der Waals surface area contributed by atoms with Crippen LogP contribution in [0.15, 0.2) is 0 Å². The molecule has 4 N–H and O–H groups in total. The van der Waals surface area contributed by atoms with Gasteiger partial charge in [0.25, 0.3) is 0 Å². The zero-order valence-corrected chi connectivity index (χ0v) is 13.1. The normalized spacial score (nSPS) is 15.5. The van der Waals surface area contributed by atoms with Crippen LogP contribution in [0.5, 0.6) is 0 Å². The molecule has 0 spiro atoms. The molecule has 0 radical (unpaired) electrons. The van der Waals surface area contributed by atoms with Gasteiger partial charge in [-0.1, -0.05) is 13.8 Å². The highest BCUT2D eigenvalue weighted by molar-refractivity contribution is 6.15. The lowest BCUT2D eigenvalue weighted by Gasteiger charge is -2.24. The van der Waals surface area contributed by atoms with Crippen LogP contribution in [-0.2, 0) is 4.12 Å². The molecule has 76 valence electrons. The molecule has 0 aliphatic heterocycles. The van der Waals surface area contributed by atoms with Gasteiger partial charge in [0.05, 0.1) is 0 Å².